The molecule has 2 heteroatoms. The summed E-state index contributed by atoms with van der Waals surface area (Å²) in [6.07, 6.45) is 1.59. The molecule has 0 N–H and O–H groups in total. The van der Waals surface area contributed by atoms with E-state index in [0.29, 0.717) is 12.4 Å². The molecular formula is C10H11FO. The second-order valence-electron chi connectivity index (χ2n) is 2.49. The second kappa shape index (κ2) is 3.90. The van der Waals surface area contributed by atoms with Crippen LogP contribution in [0.1, 0.15) is 5.56 Å². The number of hydrogen-bond donors (Lipinski definition) is 0. The highest BCUT2D eigenvalue weighted by molar-refractivity contribution is 5.33. The van der Waals surface area contributed by atoms with E-state index in [1.54, 1.807) is 12.1 Å². The van der Waals surface area contributed by atoms with Crippen molar-refractivity contribution in [1.82, 2.24) is 0 Å². The molecule has 12 heavy (non-hydrogen) atoms. The maximum Gasteiger partial charge on any atom is 0.165 e. The number of para-hydroxylation sites is 1. The van der Waals surface area contributed by atoms with Crippen molar-refractivity contribution in [3.05, 3.63) is 42.2 Å². The van der Waals surface area contributed by atoms with Crippen LogP contribution < -0.4 is 4.74 Å². The summed E-state index contributed by atoms with van der Waals surface area (Å²) in [4.78, 5) is 0. The second-order valence-corrected chi connectivity index (χ2v) is 2.49. The third-order valence-electron chi connectivity index (χ3n) is 1.51. The summed E-state index contributed by atoms with van der Waals surface area (Å²) in [5, 5.41) is 0. The Morgan fingerprint density at radius 3 is 2.92 bits per heavy atom. The van der Waals surface area contributed by atoms with E-state index in [4.69, 9.17) is 4.74 Å². The highest BCUT2D eigenvalue weighted by Crippen LogP contribution is 2.21. The third-order valence-corrected chi connectivity index (χ3v) is 1.51. The molecule has 0 unspecified atom stereocenters. The van der Waals surface area contributed by atoms with Crippen LogP contribution in [0, 0.1) is 12.7 Å². The molecule has 0 heterocycles. The van der Waals surface area contributed by atoms with Gasteiger partial charge in [-0.3, -0.25) is 0 Å². The molecule has 0 saturated carbocycles. The molecule has 0 aromatic heterocycles. The molecule has 1 nitrogen and oxygen atoms in total. The first kappa shape index (κ1) is 8.78. The zero-order valence-electron chi connectivity index (χ0n) is 7.01. The summed E-state index contributed by atoms with van der Waals surface area (Å²) < 4.78 is 18.1. The lowest BCUT2D eigenvalue weighted by Gasteiger charge is -2.06. The Bertz CT molecular complexity index is 261. The first-order valence-electron chi connectivity index (χ1n) is 3.74. The molecule has 0 spiro atoms. The van der Waals surface area contributed by atoms with Crippen molar-refractivity contribution < 1.29 is 9.13 Å². The fourth-order valence-electron chi connectivity index (χ4n) is 0.942. The van der Waals surface area contributed by atoms with Gasteiger partial charge in [-0.2, -0.15) is 0 Å². The average Bonchev–Trinajstić information content (AvgIpc) is 2.04. The van der Waals surface area contributed by atoms with Gasteiger partial charge in [-0.05, 0) is 18.6 Å². The van der Waals surface area contributed by atoms with Crippen molar-refractivity contribution in [2.45, 2.75) is 6.92 Å². The highest BCUT2D eigenvalue weighted by Gasteiger charge is 2.04. The van der Waals surface area contributed by atoms with E-state index in [1.165, 1.54) is 6.07 Å². The minimum Gasteiger partial charge on any atom is -0.486 e. The van der Waals surface area contributed by atoms with Gasteiger partial charge in [0.15, 0.2) is 11.6 Å². The first-order valence-corrected chi connectivity index (χ1v) is 3.74. The summed E-state index contributed by atoms with van der Waals surface area (Å²) in [6.45, 7) is 5.63. The molecule has 0 aliphatic carbocycles. The van der Waals surface area contributed by atoms with E-state index < -0.39 is 0 Å². The van der Waals surface area contributed by atoms with Gasteiger partial charge in [-0.1, -0.05) is 24.8 Å². The Balaban J connectivity index is 2.88. The van der Waals surface area contributed by atoms with Crippen LogP contribution in [0.5, 0.6) is 5.75 Å². The molecule has 0 atom stereocenters. The van der Waals surface area contributed by atoms with Crippen LogP contribution in [-0.4, -0.2) is 6.61 Å². The van der Waals surface area contributed by atoms with Gasteiger partial charge >= 0.3 is 0 Å². The lowest BCUT2D eigenvalue weighted by atomic mass is 10.2. The number of ether oxygens (including phenoxy) is 1. The van der Waals surface area contributed by atoms with Crippen LogP contribution in [0.25, 0.3) is 0 Å². The monoisotopic (exact) mass is 166 g/mol. The molecule has 0 bridgehead atoms. The lowest BCUT2D eigenvalue weighted by molar-refractivity contribution is 0.339. The summed E-state index contributed by atoms with van der Waals surface area (Å²) in [7, 11) is 0. The molecular weight excluding hydrogens is 155 g/mol. The zero-order chi connectivity index (χ0) is 8.97. The van der Waals surface area contributed by atoms with Gasteiger partial charge in [0.05, 0.1) is 0 Å². The molecule has 1 aromatic carbocycles. The normalized spacial score (nSPS) is 9.50. The highest BCUT2D eigenvalue weighted by atomic mass is 19.1. The fraction of sp³-hybridized carbons (Fsp3) is 0.200. The van der Waals surface area contributed by atoms with Crippen LogP contribution in [0.4, 0.5) is 4.39 Å². The fourth-order valence-corrected chi connectivity index (χ4v) is 0.942. The maximum atomic E-state index is 13.0. The molecule has 0 radical (unpaired) electrons. The van der Waals surface area contributed by atoms with Crippen molar-refractivity contribution in [1.29, 1.82) is 0 Å². The van der Waals surface area contributed by atoms with Gasteiger partial charge < -0.3 is 4.74 Å². The van der Waals surface area contributed by atoms with Gasteiger partial charge in [0, 0.05) is 0 Å². The molecule has 0 amide bonds. The number of halogens is 1. The predicted molar refractivity (Wildman–Crippen MR) is 46.8 cm³/mol. The minimum absolute atomic E-state index is 0.317. The van der Waals surface area contributed by atoms with Crippen LogP contribution in [0.2, 0.25) is 0 Å². The molecule has 64 valence electrons. The van der Waals surface area contributed by atoms with E-state index >= 15 is 0 Å². The number of benzene rings is 1. The van der Waals surface area contributed by atoms with Crippen molar-refractivity contribution in [2.75, 3.05) is 6.61 Å². The minimum atomic E-state index is -0.322. The molecule has 0 saturated heterocycles. The smallest absolute Gasteiger partial charge is 0.165 e. The summed E-state index contributed by atoms with van der Waals surface area (Å²) in [6, 6.07) is 4.85. The molecule has 0 fully saturated rings. The zero-order valence-corrected chi connectivity index (χ0v) is 7.01. The average molecular weight is 166 g/mol. The Hall–Kier alpha value is -1.31. The third kappa shape index (κ3) is 1.84. The molecule has 0 aliphatic rings. The van der Waals surface area contributed by atoms with Crippen LogP contribution in [0.15, 0.2) is 30.9 Å². The van der Waals surface area contributed by atoms with Gasteiger partial charge in [-0.15, -0.1) is 0 Å². The quantitative estimate of drug-likeness (QED) is 0.627. The SMILES string of the molecule is C=CCOc1c(C)cccc1F. The van der Waals surface area contributed by atoms with Gasteiger partial charge in [0.25, 0.3) is 0 Å². The van der Waals surface area contributed by atoms with E-state index in [1.807, 2.05) is 13.0 Å². The molecule has 0 aliphatic heterocycles. The largest absolute Gasteiger partial charge is 0.486 e. The number of hydrogen-bond acceptors (Lipinski definition) is 1. The molecule has 1 rings (SSSR count). The van der Waals surface area contributed by atoms with Crippen molar-refractivity contribution in [3.63, 3.8) is 0 Å². The van der Waals surface area contributed by atoms with Gasteiger partial charge in [-0.25, -0.2) is 4.39 Å². The first-order chi connectivity index (χ1) is 5.75. The van der Waals surface area contributed by atoms with Crippen LogP contribution >= 0.6 is 0 Å². The standard InChI is InChI=1S/C10H11FO/c1-3-7-12-10-8(2)5-4-6-9(10)11/h3-6H,1,7H2,2H3. The Labute approximate surface area is 71.5 Å². The van der Waals surface area contributed by atoms with Gasteiger partial charge in [0.2, 0.25) is 0 Å². The summed E-state index contributed by atoms with van der Waals surface area (Å²) >= 11 is 0. The van der Waals surface area contributed by atoms with Crippen molar-refractivity contribution in [2.24, 2.45) is 0 Å². The summed E-state index contributed by atoms with van der Waals surface area (Å²) in [5.41, 5.74) is 0.803. The maximum absolute atomic E-state index is 13.0. The number of rotatable bonds is 3. The number of aryl methyl sites for hydroxylation is 1. The molecule has 1 aromatic rings. The Morgan fingerprint density at radius 2 is 2.33 bits per heavy atom. The van der Waals surface area contributed by atoms with E-state index in [2.05, 4.69) is 6.58 Å². The Morgan fingerprint density at radius 1 is 1.58 bits per heavy atom. The van der Waals surface area contributed by atoms with Crippen LogP contribution in [-0.2, 0) is 0 Å². The van der Waals surface area contributed by atoms with Gasteiger partial charge in [0.1, 0.15) is 6.61 Å². The topological polar surface area (TPSA) is 9.23 Å². The summed E-state index contributed by atoms with van der Waals surface area (Å²) in [5.74, 6) is -0.00532. The van der Waals surface area contributed by atoms with E-state index in [-0.39, 0.29) is 5.82 Å². The van der Waals surface area contributed by atoms with Crippen molar-refractivity contribution in [3.8, 4) is 5.75 Å². The lowest BCUT2D eigenvalue weighted by Crippen LogP contribution is -1.97. The van der Waals surface area contributed by atoms with Crippen molar-refractivity contribution >= 4 is 0 Å². The van der Waals surface area contributed by atoms with Crippen LogP contribution in [0.3, 0.4) is 0 Å². The van der Waals surface area contributed by atoms with E-state index in [9.17, 15) is 4.39 Å². The predicted octanol–water partition coefficient (Wildman–Crippen LogP) is 2.70. The van der Waals surface area contributed by atoms with E-state index in [0.717, 1.165) is 5.56 Å². The Kier molecular flexibility index (Phi) is 2.86.